The molecule has 8 heteroatoms. The molecule has 2 aromatic carbocycles. The smallest absolute Gasteiger partial charge is 0.243 e. The van der Waals surface area contributed by atoms with Gasteiger partial charge in [-0.3, -0.25) is 0 Å². The predicted molar refractivity (Wildman–Crippen MR) is 114 cm³/mol. The lowest BCUT2D eigenvalue weighted by atomic mass is 10.2. The van der Waals surface area contributed by atoms with E-state index in [1.807, 2.05) is 30.9 Å². The van der Waals surface area contributed by atoms with E-state index < -0.39 is 10.0 Å². The summed E-state index contributed by atoms with van der Waals surface area (Å²) in [5.41, 5.74) is 2.94. The van der Waals surface area contributed by atoms with Crippen molar-refractivity contribution in [1.29, 1.82) is 0 Å². The van der Waals surface area contributed by atoms with Gasteiger partial charge in [0.25, 0.3) is 0 Å². The summed E-state index contributed by atoms with van der Waals surface area (Å²) in [6.07, 6.45) is 0. The van der Waals surface area contributed by atoms with Crippen molar-refractivity contribution in [2.75, 3.05) is 31.5 Å². The van der Waals surface area contributed by atoms with Crippen LogP contribution in [0.15, 0.2) is 41.3 Å². The lowest BCUT2D eigenvalue weighted by molar-refractivity contribution is 0.268. The second kappa shape index (κ2) is 8.14. The quantitative estimate of drug-likeness (QED) is 0.770. The monoisotopic (exact) mass is 421 g/mol. The Labute approximate surface area is 171 Å². The highest BCUT2D eigenvalue weighted by molar-refractivity contribution is 7.89. The van der Waals surface area contributed by atoms with Crippen LogP contribution in [0, 0.1) is 26.6 Å². The van der Waals surface area contributed by atoms with Gasteiger partial charge >= 0.3 is 0 Å². The fourth-order valence-electron chi connectivity index (χ4n) is 3.23. The molecule has 0 aromatic heterocycles. The average molecular weight is 422 g/mol. The molecule has 0 aliphatic carbocycles. The first kappa shape index (κ1) is 20.7. The van der Waals surface area contributed by atoms with E-state index in [-0.39, 0.29) is 5.82 Å². The van der Waals surface area contributed by atoms with E-state index in [2.05, 4.69) is 5.32 Å². The second-order valence-corrected chi connectivity index (χ2v) is 9.35. The van der Waals surface area contributed by atoms with Crippen LogP contribution < -0.4 is 5.32 Å². The molecule has 1 aliphatic heterocycles. The van der Waals surface area contributed by atoms with Crippen molar-refractivity contribution in [3.05, 3.63) is 58.9 Å². The molecule has 1 fully saturated rings. The Hall–Kier alpha value is -2.03. The standard InChI is InChI=1S/C20H24FN3O2S2/c1-14-4-7-19(16(3)12-14)28(25,26)24-10-8-23(9-11-24)20(27)22-17-6-5-15(2)18(21)13-17/h4-7,12-13H,8-11H2,1-3H3,(H,22,27). The van der Waals surface area contributed by atoms with Crippen molar-refractivity contribution in [2.24, 2.45) is 0 Å². The molecule has 1 saturated heterocycles. The van der Waals surface area contributed by atoms with Gasteiger partial charge in [-0.05, 0) is 62.3 Å². The molecule has 5 nitrogen and oxygen atoms in total. The lowest BCUT2D eigenvalue weighted by Crippen LogP contribution is -2.51. The molecular formula is C20H24FN3O2S2. The fourth-order valence-corrected chi connectivity index (χ4v) is 5.16. The molecule has 0 unspecified atom stereocenters. The fraction of sp³-hybridized carbons (Fsp3) is 0.350. The van der Waals surface area contributed by atoms with Crippen molar-refractivity contribution < 1.29 is 12.8 Å². The number of hydrogen-bond acceptors (Lipinski definition) is 3. The number of nitrogens with one attached hydrogen (secondary N) is 1. The average Bonchev–Trinajstić information content (AvgIpc) is 2.64. The Morgan fingerprint density at radius 2 is 1.68 bits per heavy atom. The maximum atomic E-state index is 13.7. The van der Waals surface area contributed by atoms with Gasteiger partial charge in [0.05, 0.1) is 4.90 Å². The molecule has 3 rings (SSSR count). The Morgan fingerprint density at radius 1 is 1.00 bits per heavy atom. The van der Waals surface area contributed by atoms with Crippen LogP contribution in [0.25, 0.3) is 0 Å². The Balaban J connectivity index is 1.64. The summed E-state index contributed by atoms with van der Waals surface area (Å²) in [5, 5.41) is 3.49. The largest absolute Gasteiger partial charge is 0.346 e. The van der Waals surface area contributed by atoms with Gasteiger partial charge in [-0.1, -0.05) is 23.8 Å². The highest BCUT2D eigenvalue weighted by Crippen LogP contribution is 2.22. The Morgan fingerprint density at radius 3 is 2.29 bits per heavy atom. The van der Waals surface area contributed by atoms with Crippen molar-refractivity contribution in [3.8, 4) is 0 Å². The van der Waals surface area contributed by atoms with Crippen LogP contribution in [-0.4, -0.2) is 48.9 Å². The summed E-state index contributed by atoms with van der Waals surface area (Å²) in [5.74, 6) is -0.294. The molecule has 1 heterocycles. The van der Waals surface area contributed by atoms with Gasteiger partial charge in [0.2, 0.25) is 10.0 Å². The minimum absolute atomic E-state index is 0.294. The van der Waals surface area contributed by atoms with Crippen LogP contribution in [0.3, 0.4) is 0 Å². The molecule has 150 valence electrons. The highest BCUT2D eigenvalue weighted by Gasteiger charge is 2.30. The summed E-state index contributed by atoms with van der Waals surface area (Å²) in [6.45, 7) is 7.10. The molecule has 0 spiro atoms. The van der Waals surface area contributed by atoms with E-state index in [1.165, 1.54) is 10.4 Å². The number of piperazine rings is 1. The van der Waals surface area contributed by atoms with Gasteiger partial charge in [-0.25, -0.2) is 12.8 Å². The van der Waals surface area contributed by atoms with E-state index in [1.54, 1.807) is 25.1 Å². The summed E-state index contributed by atoms with van der Waals surface area (Å²) in [4.78, 5) is 2.25. The zero-order chi connectivity index (χ0) is 20.5. The molecule has 28 heavy (non-hydrogen) atoms. The number of anilines is 1. The number of aryl methyl sites for hydroxylation is 3. The zero-order valence-corrected chi connectivity index (χ0v) is 17.8. The number of sulfonamides is 1. The molecule has 1 aliphatic rings. The summed E-state index contributed by atoms with van der Waals surface area (Å²) >= 11 is 5.42. The first-order valence-electron chi connectivity index (χ1n) is 9.08. The van der Waals surface area contributed by atoms with Crippen molar-refractivity contribution in [1.82, 2.24) is 9.21 Å². The van der Waals surface area contributed by atoms with Crippen LogP contribution in [0.2, 0.25) is 0 Å². The maximum Gasteiger partial charge on any atom is 0.243 e. The minimum atomic E-state index is -3.53. The van der Waals surface area contributed by atoms with E-state index in [0.717, 1.165) is 11.1 Å². The van der Waals surface area contributed by atoms with E-state index in [0.29, 0.717) is 47.4 Å². The first-order valence-corrected chi connectivity index (χ1v) is 10.9. The van der Waals surface area contributed by atoms with Crippen LogP contribution in [0.1, 0.15) is 16.7 Å². The van der Waals surface area contributed by atoms with Gasteiger partial charge in [-0.15, -0.1) is 0 Å². The number of nitrogens with zero attached hydrogens (tertiary/aromatic N) is 2. The van der Waals surface area contributed by atoms with Crippen LogP contribution in [0.5, 0.6) is 0 Å². The van der Waals surface area contributed by atoms with Crippen LogP contribution in [0.4, 0.5) is 10.1 Å². The normalized spacial score (nSPS) is 15.5. The molecular weight excluding hydrogens is 397 g/mol. The first-order chi connectivity index (χ1) is 13.2. The predicted octanol–water partition coefficient (Wildman–Crippen LogP) is 3.45. The third-order valence-electron chi connectivity index (χ3n) is 4.90. The summed E-state index contributed by atoms with van der Waals surface area (Å²) < 4.78 is 41.1. The maximum absolute atomic E-state index is 13.7. The molecule has 0 amide bonds. The van der Waals surface area contributed by atoms with Gasteiger partial charge < -0.3 is 10.2 Å². The van der Waals surface area contributed by atoms with Crippen molar-refractivity contribution in [2.45, 2.75) is 25.7 Å². The number of thiocarbonyl (C=S) groups is 1. The van der Waals surface area contributed by atoms with Crippen LogP contribution in [-0.2, 0) is 10.0 Å². The van der Waals surface area contributed by atoms with Gasteiger partial charge in [0, 0.05) is 31.9 Å². The highest BCUT2D eigenvalue weighted by atomic mass is 32.2. The molecule has 1 N–H and O–H groups in total. The zero-order valence-electron chi connectivity index (χ0n) is 16.2. The molecule has 0 radical (unpaired) electrons. The number of benzene rings is 2. The number of rotatable bonds is 3. The summed E-state index contributed by atoms with van der Waals surface area (Å²) in [7, 11) is -3.53. The molecule has 2 aromatic rings. The second-order valence-electron chi connectivity index (χ2n) is 7.05. The third kappa shape index (κ3) is 4.34. The topological polar surface area (TPSA) is 52.7 Å². The van der Waals surface area contributed by atoms with E-state index in [9.17, 15) is 12.8 Å². The minimum Gasteiger partial charge on any atom is -0.346 e. The summed E-state index contributed by atoms with van der Waals surface area (Å²) in [6, 6.07) is 10.2. The Bertz CT molecular complexity index is 1000. The molecule has 0 saturated carbocycles. The van der Waals surface area contributed by atoms with Gasteiger partial charge in [0.1, 0.15) is 5.82 Å². The number of halogens is 1. The SMILES string of the molecule is Cc1ccc(S(=O)(=O)N2CCN(C(=S)Nc3ccc(C)c(F)c3)CC2)c(C)c1. The van der Waals surface area contributed by atoms with Crippen molar-refractivity contribution in [3.63, 3.8) is 0 Å². The van der Waals surface area contributed by atoms with Gasteiger partial charge in [0.15, 0.2) is 5.11 Å². The van der Waals surface area contributed by atoms with E-state index >= 15 is 0 Å². The van der Waals surface area contributed by atoms with Crippen molar-refractivity contribution >= 4 is 33.0 Å². The Kier molecular flexibility index (Phi) is 6.02. The third-order valence-corrected chi connectivity index (χ3v) is 7.32. The molecule has 0 atom stereocenters. The lowest BCUT2D eigenvalue weighted by Gasteiger charge is -2.35. The number of hydrogen-bond donors (Lipinski definition) is 1. The van der Waals surface area contributed by atoms with Crippen LogP contribution >= 0.6 is 12.2 Å². The van der Waals surface area contributed by atoms with E-state index in [4.69, 9.17) is 12.2 Å². The molecule has 0 bridgehead atoms. The van der Waals surface area contributed by atoms with Gasteiger partial charge in [-0.2, -0.15) is 4.31 Å².